The zero-order chi connectivity index (χ0) is 6.83. The van der Waals surface area contributed by atoms with Gasteiger partial charge in [0.1, 0.15) is 0 Å². The minimum Gasteiger partial charge on any atom is -0.392 e. The fourth-order valence-electron chi connectivity index (χ4n) is 0. The van der Waals surface area contributed by atoms with E-state index in [1.54, 1.807) is 6.07 Å². The quantitative estimate of drug-likeness (QED) is 0.403. The van der Waals surface area contributed by atoms with Gasteiger partial charge >= 0.3 is 0 Å². The Morgan fingerprint density at radius 2 is 1.88 bits per heavy atom. The molecule has 0 aliphatic heterocycles. The SMILES string of the molecule is C=CC#N.C=CCO. The average molecular weight is 111 g/mol. The van der Waals surface area contributed by atoms with Crippen molar-refractivity contribution in [3.05, 3.63) is 25.3 Å². The standard InChI is InChI=1S/C3H3N.C3H6O/c2*1-2-3-4/h2H,1H2;2,4H,1,3H2. The van der Waals surface area contributed by atoms with Gasteiger partial charge in [0.2, 0.25) is 0 Å². The Labute approximate surface area is 49.4 Å². The van der Waals surface area contributed by atoms with Gasteiger partial charge in [-0.3, -0.25) is 0 Å². The summed E-state index contributed by atoms with van der Waals surface area (Å²) in [5.41, 5.74) is 0. The van der Waals surface area contributed by atoms with E-state index in [9.17, 15) is 0 Å². The molecule has 44 valence electrons. The second-order valence-corrected chi connectivity index (χ2v) is 0.804. The largest absolute Gasteiger partial charge is 0.392 e. The highest BCUT2D eigenvalue weighted by atomic mass is 16.2. The number of aliphatic hydroxyl groups is 1. The van der Waals surface area contributed by atoms with Gasteiger partial charge < -0.3 is 5.11 Å². The molecule has 0 aromatic heterocycles. The van der Waals surface area contributed by atoms with Gasteiger partial charge in [0.05, 0.1) is 12.7 Å². The van der Waals surface area contributed by atoms with Crippen molar-refractivity contribution in [3.8, 4) is 6.07 Å². The highest BCUT2D eigenvalue weighted by Crippen LogP contribution is 1.46. The molecule has 0 rings (SSSR count). The Balaban J connectivity index is 0. The lowest BCUT2D eigenvalue weighted by Gasteiger charge is -1.60. The molecule has 0 spiro atoms. The molecule has 0 bridgehead atoms. The molecule has 0 aliphatic carbocycles. The number of hydrogen-bond donors (Lipinski definition) is 1. The van der Waals surface area contributed by atoms with Crippen molar-refractivity contribution in [3.63, 3.8) is 0 Å². The molecular formula is C6H9NO. The second-order valence-electron chi connectivity index (χ2n) is 0.804. The van der Waals surface area contributed by atoms with Gasteiger partial charge in [0, 0.05) is 6.08 Å². The third-order valence-corrected chi connectivity index (χ3v) is 0.220. The maximum Gasteiger partial charge on any atom is 0.0905 e. The van der Waals surface area contributed by atoms with Crippen LogP contribution in [0.5, 0.6) is 0 Å². The van der Waals surface area contributed by atoms with Crippen molar-refractivity contribution in [2.75, 3.05) is 6.61 Å². The van der Waals surface area contributed by atoms with Crippen molar-refractivity contribution >= 4 is 0 Å². The monoisotopic (exact) mass is 111 g/mol. The molecule has 0 amide bonds. The van der Waals surface area contributed by atoms with Crippen molar-refractivity contribution in [2.24, 2.45) is 0 Å². The van der Waals surface area contributed by atoms with E-state index in [1.165, 1.54) is 12.2 Å². The van der Waals surface area contributed by atoms with Crippen LogP contribution in [-0.4, -0.2) is 11.7 Å². The molecule has 0 saturated heterocycles. The van der Waals surface area contributed by atoms with E-state index in [4.69, 9.17) is 10.4 Å². The minimum atomic E-state index is 0.0833. The van der Waals surface area contributed by atoms with Crippen LogP contribution in [0.2, 0.25) is 0 Å². The molecule has 0 heterocycles. The molecule has 0 aromatic carbocycles. The van der Waals surface area contributed by atoms with Gasteiger partial charge in [0.15, 0.2) is 0 Å². The van der Waals surface area contributed by atoms with Gasteiger partial charge in [-0.15, -0.1) is 6.58 Å². The molecule has 8 heavy (non-hydrogen) atoms. The first-order valence-electron chi connectivity index (χ1n) is 2.05. The predicted molar refractivity (Wildman–Crippen MR) is 33.1 cm³/mol. The molecule has 1 N–H and O–H groups in total. The molecular weight excluding hydrogens is 102 g/mol. The van der Waals surface area contributed by atoms with E-state index >= 15 is 0 Å². The number of rotatable bonds is 1. The van der Waals surface area contributed by atoms with Crippen LogP contribution in [0.25, 0.3) is 0 Å². The Morgan fingerprint density at radius 1 is 1.62 bits per heavy atom. The summed E-state index contributed by atoms with van der Waals surface area (Å²) in [6.45, 7) is 6.43. The highest BCUT2D eigenvalue weighted by molar-refractivity contribution is 4.93. The second kappa shape index (κ2) is 16.8. The number of hydrogen-bond acceptors (Lipinski definition) is 2. The van der Waals surface area contributed by atoms with E-state index in [-0.39, 0.29) is 6.61 Å². The number of allylic oxidation sites excluding steroid dienone is 1. The molecule has 0 atom stereocenters. The number of nitrogens with zero attached hydrogens (tertiary/aromatic N) is 1. The Kier molecular flexibility index (Phi) is 21.0. The summed E-state index contributed by atoms with van der Waals surface area (Å²) in [6, 6.07) is 1.69. The molecule has 0 saturated carbocycles. The predicted octanol–water partition coefficient (Wildman–Crippen LogP) is 0.861. The normalized spacial score (nSPS) is 5.00. The van der Waals surface area contributed by atoms with Gasteiger partial charge in [-0.2, -0.15) is 5.26 Å². The lowest BCUT2D eigenvalue weighted by atomic mass is 10.7. The Hall–Kier alpha value is -1.07. The summed E-state index contributed by atoms with van der Waals surface area (Å²) < 4.78 is 0. The first kappa shape index (κ1) is 10.0. The first-order chi connectivity index (χ1) is 3.83. The van der Waals surface area contributed by atoms with Crippen LogP contribution in [0, 0.1) is 11.3 Å². The van der Waals surface area contributed by atoms with Gasteiger partial charge in [-0.05, 0) is 0 Å². The third-order valence-electron chi connectivity index (χ3n) is 0.220. The molecule has 0 aliphatic rings. The van der Waals surface area contributed by atoms with Crippen molar-refractivity contribution in [1.29, 1.82) is 5.26 Å². The van der Waals surface area contributed by atoms with E-state index in [0.717, 1.165) is 0 Å². The summed E-state index contributed by atoms with van der Waals surface area (Å²) in [4.78, 5) is 0. The fraction of sp³-hybridized carbons (Fsp3) is 0.167. The molecule has 0 radical (unpaired) electrons. The van der Waals surface area contributed by atoms with Crippen molar-refractivity contribution in [1.82, 2.24) is 0 Å². The van der Waals surface area contributed by atoms with Crippen LogP contribution in [0.15, 0.2) is 25.3 Å². The summed E-state index contributed by atoms with van der Waals surface area (Å²) in [5, 5.41) is 15.3. The number of nitriles is 1. The maximum absolute atomic E-state index is 7.76. The van der Waals surface area contributed by atoms with E-state index in [2.05, 4.69) is 13.2 Å². The molecule has 0 unspecified atom stereocenters. The third kappa shape index (κ3) is 88.0. The van der Waals surface area contributed by atoms with Crippen LogP contribution < -0.4 is 0 Å². The Morgan fingerprint density at radius 3 is 1.88 bits per heavy atom. The van der Waals surface area contributed by atoms with Crippen LogP contribution in [0.1, 0.15) is 0 Å². The van der Waals surface area contributed by atoms with Gasteiger partial charge in [-0.25, -0.2) is 0 Å². The zero-order valence-electron chi connectivity index (χ0n) is 4.67. The molecule has 0 aromatic rings. The van der Waals surface area contributed by atoms with Crippen molar-refractivity contribution < 1.29 is 5.11 Å². The highest BCUT2D eigenvalue weighted by Gasteiger charge is 1.45. The lowest BCUT2D eigenvalue weighted by Crippen LogP contribution is -1.62. The van der Waals surface area contributed by atoms with E-state index < -0.39 is 0 Å². The maximum atomic E-state index is 7.76. The first-order valence-corrected chi connectivity index (χ1v) is 2.05. The van der Waals surface area contributed by atoms with Crippen LogP contribution >= 0.6 is 0 Å². The van der Waals surface area contributed by atoms with Gasteiger partial charge in [0.25, 0.3) is 0 Å². The van der Waals surface area contributed by atoms with Gasteiger partial charge in [-0.1, -0.05) is 12.7 Å². The zero-order valence-corrected chi connectivity index (χ0v) is 4.67. The summed E-state index contributed by atoms with van der Waals surface area (Å²) in [5.74, 6) is 0. The lowest BCUT2D eigenvalue weighted by molar-refractivity contribution is 0.343. The molecule has 0 fully saturated rings. The fourth-order valence-corrected chi connectivity index (χ4v) is 0. The summed E-state index contributed by atoms with van der Waals surface area (Å²) in [7, 11) is 0. The Bertz CT molecular complexity index is 91.2. The summed E-state index contributed by atoms with van der Waals surface area (Å²) >= 11 is 0. The smallest absolute Gasteiger partial charge is 0.0905 e. The van der Waals surface area contributed by atoms with E-state index in [0.29, 0.717) is 0 Å². The van der Waals surface area contributed by atoms with Crippen molar-refractivity contribution in [2.45, 2.75) is 0 Å². The average Bonchev–Trinajstić information content (AvgIpc) is 1.88. The van der Waals surface area contributed by atoms with Crippen LogP contribution in [-0.2, 0) is 0 Å². The minimum absolute atomic E-state index is 0.0833. The molecule has 2 nitrogen and oxygen atoms in total. The van der Waals surface area contributed by atoms with Crippen LogP contribution in [0.4, 0.5) is 0 Å². The topological polar surface area (TPSA) is 44.0 Å². The molecule has 2 heteroatoms. The number of aliphatic hydroxyl groups excluding tert-OH is 1. The van der Waals surface area contributed by atoms with Crippen LogP contribution in [0.3, 0.4) is 0 Å². The van der Waals surface area contributed by atoms with E-state index in [1.807, 2.05) is 0 Å². The summed E-state index contributed by atoms with van der Waals surface area (Å²) in [6.07, 6.45) is 2.61.